The lowest BCUT2D eigenvalue weighted by Crippen LogP contribution is -2.34. The fourth-order valence-corrected chi connectivity index (χ4v) is 2.85. The first kappa shape index (κ1) is 21.4. The van der Waals surface area contributed by atoms with Crippen molar-refractivity contribution in [3.8, 4) is 5.75 Å². The minimum absolute atomic E-state index is 0.102. The molecule has 0 bridgehead atoms. The first-order valence-electron chi connectivity index (χ1n) is 9.39. The van der Waals surface area contributed by atoms with Crippen molar-refractivity contribution in [2.45, 2.75) is 32.7 Å². The van der Waals surface area contributed by atoms with Crippen molar-refractivity contribution in [1.82, 2.24) is 5.32 Å². The molecule has 0 fully saturated rings. The number of rotatable bonds is 11. The average Bonchev–Trinajstić information content (AvgIpc) is 2.66. The van der Waals surface area contributed by atoms with E-state index < -0.39 is 5.97 Å². The van der Waals surface area contributed by atoms with Crippen LogP contribution in [0.15, 0.2) is 48.5 Å². The predicted molar refractivity (Wildman–Crippen MR) is 107 cm³/mol. The molecule has 0 saturated heterocycles. The quantitative estimate of drug-likeness (QED) is 0.581. The van der Waals surface area contributed by atoms with E-state index in [1.165, 1.54) is 0 Å². The van der Waals surface area contributed by atoms with Crippen LogP contribution in [0.3, 0.4) is 0 Å². The molecule has 0 aromatic heterocycles. The molecule has 0 saturated carbocycles. The number of carboxylic acid groups (broad SMARTS) is 1. The van der Waals surface area contributed by atoms with Crippen molar-refractivity contribution in [1.29, 1.82) is 0 Å². The lowest BCUT2D eigenvalue weighted by atomic mass is 10.0. The number of carboxylic acids is 1. The Labute approximate surface area is 165 Å². The summed E-state index contributed by atoms with van der Waals surface area (Å²) in [5.41, 5.74) is 1.98. The maximum atomic E-state index is 12.5. The molecule has 0 radical (unpaired) electrons. The van der Waals surface area contributed by atoms with Crippen LogP contribution in [0.25, 0.3) is 0 Å². The monoisotopic (exact) mass is 385 g/mol. The Kier molecular flexibility index (Phi) is 8.49. The summed E-state index contributed by atoms with van der Waals surface area (Å²) in [6.45, 7) is 5.61. The number of ether oxygens (including phenoxy) is 2. The van der Waals surface area contributed by atoms with Gasteiger partial charge in [-0.05, 0) is 49.6 Å². The molecule has 0 aliphatic heterocycles. The SMILES string of the molecule is CCOCCOc1ccc(C[C@@H](C)NC(=O)c2ccccc2CC(=O)O)cc1. The maximum Gasteiger partial charge on any atom is 0.307 e. The van der Waals surface area contributed by atoms with E-state index in [1.807, 2.05) is 38.1 Å². The van der Waals surface area contributed by atoms with Gasteiger partial charge in [-0.3, -0.25) is 9.59 Å². The number of carbonyl (C=O) groups excluding carboxylic acids is 1. The number of nitrogens with one attached hydrogen (secondary N) is 1. The lowest BCUT2D eigenvalue weighted by Gasteiger charge is -2.16. The highest BCUT2D eigenvalue weighted by molar-refractivity contribution is 5.96. The van der Waals surface area contributed by atoms with Gasteiger partial charge < -0.3 is 19.9 Å². The van der Waals surface area contributed by atoms with E-state index in [0.29, 0.717) is 37.4 Å². The second-order valence-corrected chi connectivity index (χ2v) is 6.50. The van der Waals surface area contributed by atoms with Crippen LogP contribution in [-0.2, 0) is 22.4 Å². The molecule has 2 rings (SSSR count). The largest absolute Gasteiger partial charge is 0.491 e. The maximum absolute atomic E-state index is 12.5. The predicted octanol–water partition coefficient (Wildman–Crippen LogP) is 3.09. The van der Waals surface area contributed by atoms with Gasteiger partial charge in [0.05, 0.1) is 13.0 Å². The molecule has 1 atom stereocenters. The molecule has 0 heterocycles. The smallest absolute Gasteiger partial charge is 0.307 e. The molecule has 0 unspecified atom stereocenters. The van der Waals surface area contributed by atoms with E-state index in [2.05, 4.69) is 5.32 Å². The third kappa shape index (κ3) is 7.04. The summed E-state index contributed by atoms with van der Waals surface area (Å²) >= 11 is 0. The van der Waals surface area contributed by atoms with Crippen LogP contribution in [0.5, 0.6) is 5.75 Å². The van der Waals surface area contributed by atoms with Gasteiger partial charge >= 0.3 is 5.97 Å². The molecule has 28 heavy (non-hydrogen) atoms. The van der Waals surface area contributed by atoms with Crippen LogP contribution < -0.4 is 10.1 Å². The zero-order valence-electron chi connectivity index (χ0n) is 16.3. The number of amides is 1. The minimum atomic E-state index is -0.961. The van der Waals surface area contributed by atoms with E-state index in [0.717, 1.165) is 11.3 Å². The van der Waals surface area contributed by atoms with Gasteiger partial charge in [-0.1, -0.05) is 30.3 Å². The van der Waals surface area contributed by atoms with Gasteiger partial charge in [-0.25, -0.2) is 0 Å². The second-order valence-electron chi connectivity index (χ2n) is 6.50. The molecule has 6 nitrogen and oxygen atoms in total. The lowest BCUT2D eigenvalue weighted by molar-refractivity contribution is -0.136. The van der Waals surface area contributed by atoms with Crippen molar-refractivity contribution in [2.24, 2.45) is 0 Å². The number of hydrogen-bond donors (Lipinski definition) is 2. The van der Waals surface area contributed by atoms with Crippen molar-refractivity contribution in [2.75, 3.05) is 19.8 Å². The molecule has 2 N–H and O–H groups in total. The Morgan fingerprint density at radius 1 is 1.07 bits per heavy atom. The molecular formula is C22H27NO5. The van der Waals surface area contributed by atoms with E-state index in [-0.39, 0.29) is 18.4 Å². The third-order valence-corrected chi connectivity index (χ3v) is 4.15. The minimum Gasteiger partial charge on any atom is -0.491 e. The molecule has 0 spiro atoms. The molecule has 2 aromatic carbocycles. The van der Waals surface area contributed by atoms with Crippen LogP contribution in [-0.4, -0.2) is 42.8 Å². The number of aliphatic carboxylic acids is 1. The van der Waals surface area contributed by atoms with Crippen molar-refractivity contribution in [3.05, 3.63) is 65.2 Å². The van der Waals surface area contributed by atoms with Crippen molar-refractivity contribution >= 4 is 11.9 Å². The van der Waals surface area contributed by atoms with E-state index in [9.17, 15) is 9.59 Å². The summed E-state index contributed by atoms with van der Waals surface area (Å²) in [6, 6.07) is 14.4. The summed E-state index contributed by atoms with van der Waals surface area (Å²) in [5, 5.41) is 11.9. The van der Waals surface area contributed by atoms with Crippen LogP contribution >= 0.6 is 0 Å². The third-order valence-electron chi connectivity index (χ3n) is 4.15. The second kappa shape index (κ2) is 11.1. The summed E-state index contributed by atoms with van der Waals surface area (Å²) in [6.07, 6.45) is 0.481. The Balaban J connectivity index is 1.89. The molecule has 1 amide bonds. The highest BCUT2D eigenvalue weighted by Gasteiger charge is 2.15. The van der Waals surface area contributed by atoms with Crippen molar-refractivity contribution < 1.29 is 24.2 Å². The first-order chi connectivity index (χ1) is 13.5. The van der Waals surface area contributed by atoms with E-state index in [4.69, 9.17) is 14.6 Å². The fourth-order valence-electron chi connectivity index (χ4n) is 2.85. The molecule has 6 heteroatoms. The van der Waals surface area contributed by atoms with Crippen molar-refractivity contribution in [3.63, 3.8) is 0 Å². The number of benzene rings is 2. The van der Waals surface area contributed by atoms with Gasteiger partial charge in [0.15, 0.2) is 0 Å². The number of carbonyl (C=O) groups is 2. The summed E-state index contributed by atoms with van der Waals surface area (Å²) < 4.78 is 10.8. The Morgan fingerprint density at radius 3 is 2.46 bits per heavy atom. The average molecular weight is 385 g/mol. The van der Waals surface area contributed by atoms with Gasteiger partial charge in [-0.15, -0.1) is 0 Å². The Morgan fingerprint density at radius 2 is 1.79 bits per heavy atom. The standard InChI is InChI=1S/C22H27NO5/c1-3-27-12-13-28-19-10-8-17(9-11-19)14-16(2)23-22(26)20-7-5-4-6-18(20)15-21(24)25/h4-11,16H,3,12-15H2,1-2H3,(H,23,26)(H,24,25)/t16-/m1/s1. The summed E-state index contributed by atoms with van der Waals surface area (Å²) in [5.74, 6) is -0.445. The number of hydrogen-bond acceptors (Lipinski definition) is 4. The molecule has 2 aromatic rings. The zero-order valence-corrected chi connectivity index (χ0v) is 16.3. The van der Waals surface area contributed by atoms with Gasteiger partial charge in [0.1, 0.15) is 12.4 Å². The van der Waals surface area contributed by atoms with E-state index in [1.54, 1.807) is 24.3 Å². The molecule has 0 aliphatic rings. The van der Waals surface area contributed by atoms with E-state index >= 15 is 0 Å². The van der Waals surface area contributed by atoms with Gasteiger partial charge in [0, 0.05) is 18.2 Å². The molecular weight excluding hydrogens is 358 g/mol. The highest BCUT2D eigenvalue weighted by Crippen LogP contribution is 2.14. The zero-order chi connectivity index (χ0) is 20.4. The first-order valence-corrected chi connectivity index (χ1v) is 9.39. The van der Waals surface area contributed by atoms with Crippen LogP contribution in [0.1, 0.15) is 35.3 Å². The normalized spacial score (nSPS) is 11.6. The molecule has 0 aliphatic carbocycles. The van der Waals surface area contributed by atoms with Gasteiger partial charge in [-0.2, -0.15) is 0 Å². The highest BCUT2D eigenvalue weighted by atomic mass is 16.5. The van der Waals surface area contributed by atoms with Gasteiger partial charge in [0.25, 0.3) is 5.91 Å². The van der Waals surface area contributed by atoms with Crippen LogP contribution in [0.4, 0.5) is 0 Å². The Bertz CT molecular complexity index is 773. The van der Waals surface area contributed by atoms with Crippen LogP contribution in [0, 0.1) is 0 Å². The summed E-state index contributed by atoms with van der Waals surface area (Å²) in [4.78, 5) is 23.5. The van der Waals surface area contributed by atoms with Crippen LogP contribution in [0.2, 0.25) is 0 Å². The summed E-state index contributed by atoms with van der Waals surface area (Å²) in [7, 11) is 0. The van der Waals surface area contributed by atoms with Gasteiger partial charge in [0.2, 0.25) is 0 Å². The fraction of sp³-hybridized carbons (Fsp3) is 0.364. The Hall–Kier alpha value is -2.86. The topological polar surface area (TPSA) is 84.9 Å². The molecule has 150 valence electrons.